The van der Waals surface area contributed by atoms with E-state index < -0.39 is 0 Å². The lowest BCUT2D eigenvalue weighted by atomic mass is 10.1. The molecule has 0 saturated carbocycles. The van der Waals surface area contributed by atoms with Gasteiger partial charge in [-0.25, -0.2) is 0 Å². The summed E-state index contributed by atoms with van der Waals surface area (Å²) in [5, 5.41) is 17.8. The molecule has 2 aromatic rings. The molecule has 0 heterocycles. The molecule has 4 nitrogen and oxygen atoms in total. The predicted molar refractivity (Wildman–Crippen MR) is 85.0 cm³/mol. The molecule has 2 rings (SSSR count). The Morgan fingerprint density at radius 3 is 2.35 bits per heavy atom. The van der Waals surface area contributed by atoms with Crippen LogP contribution in [0.5, 0.6) is 0 Å². The topological polar surface area (TPSA) is 48.2 Å². The number of aliphatic hydroxyl groups is 1. The SMILES string of the molecule is CN(C)c1ccc(N=Nc2ccc(Br)cc2)c(CO)c1. The highest BCUT2D eigenvalue weighted by Crippen LogP contribution is 2.27. The lowest BCUT2D eigenvalue weighted by molar-refractivity contribution is 0.282. The summed E-state index contributed by atoms with van der Waals surface area (Å²) in [5.74, 6) is 0. The first-order valence-electron chi connectivity index (χ1n) is 6.18. The molecule has 2 aromatic carbocycles. The number of azo groups is 1. The number of nitrogens with zero attached hydrogens (tertiary/aromatic N) is 3. The fourth-order valence-corrected chi connectivity index (χ4v) is 1.96. The van der Waals surface area contributed by atoms with E-state index >= 15 is 0 Å². The molecule has 0 saturated heterocycles. The van der Waals surface area contributed by atoms with Gasteiger partial charge in [-0.2, -0.15) is 10.2 Å². The first-order valence-corrected chi connectivity index (χ1v) is 6.98. The lowest BCUT2D eigenvalue weighted by Gasteiger charge is -2.14. The zero-order chi connectivity index (χ0) is 14.5. The average Bonchev–Trinajstić information content (AvgIpc) is 2.46. The van der Waals surface area contributed by atoms with Crippen molar-refractivity contribution in [3.63, 3.8) is 0 Å². The molecule has 0 bridgehead atoms. The summed E-state index contributed by atoms with van der Waals surface area (Å²) >= 11 is 3.38. The molecule has 0 amide bonds. The Morgan fingerprint density at radius 2 is 1.75 bits per heavy atom. The summed E-state index contributed by atoms with van der Waals surface area (Å²) in [6.45, 7) is -0.0592. The zero-order valence-corrected chi connectivity index (χ0v) is 13.0. The Kier molecular flexibility index (Phi) is 4.87. The summed E-state index contributed by atoms with van der Waals surface area (Å²) in [5.41, 5.74) is 3.24. The second kappa shape index (κ2) is 6.63. The minimum atomic E-state index is -0.0592. The molecule has 20 heavy (non-hydrogen) atoms. The normalized spacial score (nSPS) is 11.0. The van der Waals surface area contributed by atoms with Crippen LogP contribution in [0.15, 0.2) is 57.2 Å². The first kappa shape index (κ1) is 14.7. The zero-order valence-electron chi connectivity index (χ0n) is 11.4. The molecule has 0 unspecified atom stereocenters. The molecule has 0 fully saturated rings. The number of hydrogen-bond donors (Lipinski definition) is 1. The summed E-state index contributed by atoms with van der Waals surface area (Å²) in [7, 11) is 3.92. The van der Waals surface area contributed by atoms with Gasteiger partial charge in [-0.3, -0.25) is 0 Å². The number of anilines is 1. The van der Waals surface area contributed by atoms with Crippen molar-refractivity contribution >= 4 is 33.0 Å². The number of aliphatic hydroxyl groups excluding tert-OH is 1. The lowest BCUT2D eigenvalue weighted by Crippen LogP contribution is -2.08. The van der Waals surface area contributed by atoms with Crippen LogP contribution >= 0.6 is 15.9 Å². The Hall–Kier alpha value is -1.72. The van der Waals surface area contributed by atoms with Crippen LogP contribution in [0.1, 0.15) is 5.56 Å². The van der Waals surface area contributed by atoms with E-state index in [-0.39, 0.29) is 6.61 Å². The van der Waals surface area contributed by atoms with Gasteiger partial charge in [0.25, 0.3) is 0 Å². The minimum Gasteiger partial charge on any atom is -0.392 e. The molecule has 0 aromatic heterocycles. The van der Waals surface area contributed by atoms with Gasteiger partial charge in [0.05, 0.1) is 18.0 Å². The van der Waals surface area contributed by atoms with Gasteiger partial charge in [0.1, 0.15) is 0 Å². The van der Waals surface area contributed by atoms with Gasteiger partial charge in [-0.15, -0.1) is 0 Å². The van der Waals surface area contributed by atoms with E-state index in [0.29, 0.717) is 5.69 Å². The van der Waals surface area contributed by atoms with Gasteiger partial charge in [0.15, 0.2) is 0 Å². The van der Waals surface area contributed by atoms with Crippen molar-refractivity contribution in [2.45, 2.75) is 6.61 Å². The third-order valence-electron chi connectivity index (χ3n) is 2.85. The van der Waals surface area contributed by atoms with Crippen LogP contribution in [0.2, 0.25) is 0 Å². The molecule has 104 valence electrons. The van der Waals surface area contributed by atoms with E-state index in [2.05, 4.69) is 26.2 Å². The Bertz CT molecular complexity index is 609. The maximum Gasteiger partial charge on any atom is 0.0913 e. The van der Waals surface area contributed by atoms with Gasteiger partial charge >= 0.3 is 0 Å². The standard InChI is InChI=1S/C15H16BrN3O/c1-19(2)14-7-8-15(11(9-14)10-20)18-17-13-5-3-12(16)4-6-13/h3-9,20H,10H2,1-2H3. The van der Waals surface area contributed by atoms with E-state index in [0.717, 1.165) is 21.4 Å². The third-order valence-corrected chi connectivity index (χ3v) is 3.38. The van der Waals surface area contributed by atoms with E-state index in [1.165, 1.54) is 0 Å². The third kappa shape index (κ3) is 3.65. The van der Waals surface area contributed by atoms with E-state index in [4.69, 9.17) is 0 Å². The monoisotopic (exact) mass is 333 g/mol. The van der Waals surface area contributed by atoms with Crippen LogP contribution < -0.4 is 4.90 Å². The van der Waals surface area contributed by atoms with Crippen molar-refractivity contribution in [3.8, 4) is 0 Å². The quantitative estimate of drug-likeness (QED) is 0.841. The summed E-state index contributed by atoms with van der Waals surface area (Å²) in [6.07, 6.45) is 0. The van der Waals surface area contributed by atoms with Gasteiger partial charge in [0.2, 0.25) is 0 Å². The minimum absolute atomic E-state index is 0.0592. The van der Waals surface area contributed by atoms with Gasteiger partial charge < -0.3 is 10.0 Å². The molecular weight excluding hydrogens is 318 g/mol. The largest absolute Gasteiger partial charge is 0.392 e. The number of benzene rings is 2. The highest BCUT2D eigenvalue weighted by molar-refractivity contribution is 9.10. The highest BCUT2D eigenvalue weighted by atomic mass is 79.9. The van der Waals surface area contributed by atoms with Crippen LogP contribution in [0, 0.1) is 0 Å². The first-order chi connectivity index (χ1) is 9.60. The second-order valence-corrected chi connectivity index (χ2v) is 5.46. The van der Waals surface area contributed by atoms with Crippen molar-refractivity contribution in [2.75, 3.05) is 19.0 Å². The van der Waals surface area contributed by atoms with Crippen molar-refractivity contribution in [2.24, 2.45) is 10.2 Å². The molecule has 0 aliphatic carbocycles. The smallest absolute Gasteiger partial charge is 0.0913 e. The van der Waals surface area contributed by atoms with Gasteiger partial charge in [-0.05, 0) is 42.5 Å². The van der Waals surface area contributed by atoms with Crippen LogP contribution in [0.3, 0.4) is 0 Å². The average molecular weight is 334 g/mol. The summed E-state index contributed by atoms with van der Waals surface area (Å²) < 4.78 is 1.00. The number of rotatable bonds is 4. The molecule has 0 aliphatic rings. The van der Waals surface area contributed by atoms with Crippen LogP contribution in [0.25, 0.3) is 0 Å². The van der Waals surface area contributed by atoms with E-state index in [1.807, 2.05) is 61.5 Å². The molecular formula is C15H16BrN3O. The van der Waals surface area contributed by atoms with Crippen molar-refractivity contribution in [3.05, 3.63) is 52.5 Å². The van der Waals surface area contributed by atoms with E-state index in [1.54, 1.807) is 0 Å². The van der Waals surface area contributed by atoms with Crippen molar-refractivity contribution in [1.82, 2.24) is 0 Å². The second-order valence-electron chi connectivity index (χ2n) is 4.54. The maximum atomic E-state index is 9.43. The Morgan fingerprint density at radius 1 is 1.05 bits per heavy atom. The van der Waals surface area contributed by atoms with Crippen LogP contribution in [-0.2, 0) is 6.61 Å². The van der Waals surface area contributed by atoms with Gasteiger partial charge in [0, 0.05) is 29.8 Å². The summed E-state index contributed by atoms with van der Waals surface area (Å²) in [4.78, 5) is 1.98. The molecule has 5 heteroatoms. The maximum absolute atomic E-state index is 9.43. The number of hydrogen-bond acceptors (Lipinski definition) is 4. The van der Waals surface area contributed by atoms with E-state index in [9.17, 15) is 5.11 Å². The Balaban J connectivity index is 2.26. The number of halogens is 1. The Labute approximate surface area is 126 Å². The molecule has 0 radical (unpaired) electrons. The molecule has 1 N–H and O–H groups in total. The molecule has 0 spiro atoms. The summed E-state index contributed by atoms with van der Waals surface area (Å²) in [6, 6.07) is 13.3. The highest BCUT2D eigenvalue weighted by Gasteiger charge is 2.04. The van der Waals surface area contributed by atoms with Gasteiger partial charge in [-0.1, -0.05) is 15.9 Å². The molecule has 0 aliphatic heterocycles. The van der Waals surface area contributed by atoms with Crippen molar-refractivity contribution in [1.29, 1.82) is 0 Å². The fraction of sp³-hybridized carbons (Fsp3) is 0.200. The van der Waals surface area contributed by atoms with Crippen molar-refractivity contribution < 1.29 is 5.11 Å². The predicted octanol–water partition coefficient (Wildman–Crippen LogP) is 4.42. The fourth-order valence-electron chi connectivity index (χ4n) is 1.69. The van der Waals surface area contributed by atoms with Crippen LogP contribution in [0.4, 0.5) is 17.1 Å². The van der Waals surface area contributed by atoms with Crippen LogP contribution in [-0.4, -0.2) is 19.2 Å². The molecule has 0 atom stereocenters.